The second kappa shape index (κ2) is 5.10. The highest BCUT2D eigenvalue weighted by Crippen LogP contribution is 2.40. The first-order valence-corrected chi connectivity index (χ1v) is 7.72. The molecular weight excluding hydrogens is 290 g/mol. The summed E-state index contributed by atoms with van der Waals surface area (Å²) in [6.45, 7) is 0. The summed E-state index contributed by atoms with van der Waals surface area (Å²) in [6, 6.07) is 12.4. The van der Waals surface area contributed by atoms with Gasteiger partial charge in [0, 0.05) is 25.1 Å². The van der Waals surface area contributed by atoms with Crippen molar-refractivity contribution in [2.45, 2.75) is 31.4 Å². The van der Waals surface area contributed by atoms with Crippen LogP contribution in [-0.2, 0) is 0 Å². The molecule has 1 aliphatic carbocycles. The van der Waals surface area contributed by atoms with Crippen LogP contribution in [0.5, 0.6) is 5.75 Å². The Hall–Kier alpha value is -2.87. The topological polar surface area (TPSA) is 67.4 Å². The molecule has 1 aromatic carbocycles. The standard InChI is InChI=1S/C18H15N3O2/c19-12-13-6-7-15-14(11-13)17(21-10-4-1-5-16(21)22)20-18(23-15)8-2-3-9-18/h1,4-7,10-11H,2-3,8-9H2. The third-order valence-corrected chi connectivity index (χ3v) is 4.39. The van der Waals surface area contributed by atoms with Crippen LogP contribution in [0.4, 0.5) is 0 Å². The molecule has 114 valence electrons. The summed E-state index contributed by atoms with van der Waals surface area (Å²) in [4.78, 5) is 17.1. The lowest BCUT2D eigenvalue weighted by Gasteiger charge is -2.33. The third kappa shape index (κ3) is 2.23. The molecule has 0 radical (unpaired) electrons. The molecule has 5 heteroatoms. The van der Waals surface area contributed by atoms with Crippen LogP contribution in [0.3, 0.4) is 0 Å². The van der Waals surface area contributed by atoms with E-state index in [1.807, 2.05) is 0 Å². The van der Waals surface area contributed by atoms with Crippen molar-refractivity contribution < 1.29 is 4.74 Å². The summed E-state index contributed by atoms with van der Waals surface area (Å²) < 4.78 is 7.69. The van der Waals surface area contributed by atoms with Crippen molar-refractivity contribution in [1.82, 2.24) is 4.57 Å². The van der Waals surface area contributed by atoms with E-state index in [-0.39, 0.29) is 5.56 Å². The van der Waals surface area contributed by atoms with Crippen LogP contribution >= 0.6 is 0 Å². The number of nitrogens with zero attached hydrogens (tertiary/aromatic N) is 3. The smallest absolute Gasteiger partial charge is 0.256 e. The van der Waals surface area contributed by atoms with E-state index >= 15 is 0 Å². The van der Waals surface area contributed by atoms with Crippen molar-refractivity contribution in [3.63, 3.8) is 0 Å². The molecule has 0 atom stereocenters. The molecule has 2 heterocycles. The molecule has 1 fully saturated rings. The fraction of sp³-hybridized carbons (Fsp3) is 0.278. The van der Waals surface area contributed by atoms with Gasteiger partial charge in [-0.3, -0.25) is 9.36 Å². The first-order valence-electron chi connectivity index (χ1n) is 7.72. The second-order valence-corrected chi connectivity index (χ2v) is 5.92. The van der Waals surface area contributed by atoms with Gasteiger partial charge in [0.15, 0.2) is 0 Å². The number of nitriles is 1. The molecule has 2 aromatic rings. The van der Waals surface area contributed by atoms with E-state index < -0.39 is 5.72 Å². The minimum absolute atomic E-state index is 0.144. The number of hydrogen-bond acceptors (Lipinski definition) is 4. The monoisotopic (exact) mass is 305 g/mol. The van der Waals surface area contributed by atoms with Crippen molar-refractivity contribution in [2.75, 3.05) is 0 Å². The Labute approximate surface area is 133 Å². The van der Waals surface area contributed by atoms with Crippen molar-refractivity contribution in [2.24, 2.45) is 4.99 Å². The van der Waals surface area contributed by atoms with Gasteiger partial charge in [-0.1, -0.05) is 6.07 Å². The number of aromatic nitrogens is 1. The normalized spacial score (nSPS) is 18.0. The molecule has 0 unspecified atom stereocenters. The summed E-state index contributed by atoms with van der Waals surface area (Å²) in [5, 5.41) is 9.16. The number of benzene rings is 1. The molecule has 0 saturated heterocycles. The van der Waals surface area contributed by atoms with Gasteiger partial charge in [0.2, 0.25) is 5.72 Å². The molecule has 0 amide bonds. The van der Waals surface area contributed by atoms with Gasteiger partial charge in [-0.15, -0.1) is 0 Å². The number of hydrogen-bond donors (Lipinski definition) is 0. The highest BCUT2D eigenvalue weighted by Gasteiger charge is 2.40. The molecule has 2 aliphatic rings. The minimum Gasteiger partial charge on any atom is -0.465 e. The van der Waals surface area contributed by atoms with E-state index in [4.69, 9.17) is 15.0 Å². The predicted molar refractivity (Wildman–Crippen MR) is 85.6 cm³/mol. The summed E-state index contributed by atoms with van der Waals surface area (Å²) >= 11 is 0. The van der Waals surface area contributed by atoms with Crippen LogP contribution in [0.2, 0.25) is 0 Å². The maximum atomic E-state index is 12.3. The van der Waals surface area contributed by atoms with E-state index in [2.05, 4.69) is 6.07 Å². The van der Waals surface area contributed by atoms with E-state index in [0.29, 0.717) is 22.7 Å². The third-order valence-electron chi connectivity index (χ3n) is 4.39. The molecule has 1 aromatic heterocycles. The molecular formula is C18H15N3O2. The van der Waals surface area contributed by atoms with E-state index in [0.717, 1.165) is 25.7 Å². The molecule has 4 rings (SSSR count). The summed E-state index contributed by atoms with van der Waals surface area (Å²) in [5.41, 5.74) is 0.488. The number of pyridine rings is 1. The summed E-state index contributed by atoms with van der Waals surface area (Å²) in [7, 11) is 0. The molecule has 0 bridgehead atoms. The number of aliphatic imine (C=N–C) groups is 1. The van der Waals surface area contributed by atoms with E-state index in [1.165, 1.54) is 10.6 Å². The van der Waals surface area contributed by atoms with E-state index in [9.17, 15) is 4.79 Å². The fourth-order valence-electron chi connectivity index (χ4n) is 3.27. The van der Waals surface area contributed by atoms with Gasteiger partial charge >= 0.3 is 0 Å². The predicted octanol–water partition coefficient (Wildman–Crippen LogP) is 2.68. The Morgan fingerprint density at radius 2 is 2.04 bits per heavy atom. The lowest BCUT2D eigenvalue weighted by atomic mass is 10.0. The number of fused-ring (bicyclic) bond motifs is 1. The van der Waals surface area contributed by atoms with Gasteiger partial charge in [0.1, 0.15) is 11.6 Å². The van der Waals surface area contributed by atoms with Crippen molar-refractivity contribution >= 4 is 5.84 Å². The summed E-state index contributed by atoms with van der Waals surface area (Å²) in [6.07, 6.45) is 5.52. The first kappa shape index (κ1) is 13.8. The van der Waals surface area contributed by atoms with Crippen molar-refractivity contribution in [1.29, 1.82) is 5.26 Å². The van der Waals surface area contributed by atoms with Crippen LogP contribution in [0.1, 0.15) is 36.8 Å². The second-order valence-electron chi connectivity index (χ2n) is 5.92. The fourth-order valence-corrected chi connectivity index (χ4v) is 3.27. The lowest BCUT2D eigenvalue weighted by Crippen LogP contribution is -2.39. The van der Waals surface area contributed by atoms with Crippen LogP contribution in [-0.4, -0.2) is 16.1 Å². The minimum atomic E-state index is -0.578. The Kier molecular flexibility index (Phi) is 3.05. The zero-order valence-corrected chi connectivity index (χ0v) is 12.5. The molecule has 5 nitrogen and oxygen atoms in total. The average Bonchev–Trinajstić information content (AvgIpc) is 3.02. The van der Waals surface area contributed by atoms with Crippen LogP contribution < -0.4 is 10.3 Å². The van der Waals surface area contributed by atoms with Crippen molar-refractivity contribution in [3.8, 4) is 11.8 Å². The highest BCUT2D eigenvalue weighted by molar-refractivity contribution is 6.03. The molecule has 23 heavy (non-hydrogen) atoms. The first-order chi connectivity index (χ1) is 11.2. The van der Waals surface area contributed by atoms with Gasteiger partial charge in [0.25, 0.3) is 5.56 Å². The zero-order chi connectivity index (χ0) is 15.9. The molecule has 1 saturated carbocycles. The molecule has 1 aliphatic heterocycles. The Morgan fingerprint density at radius 3 is 2.78 bits per heavy atom. The van der Waals surface area contributed by atoms with Gasteiger partial charge in [-0.2, -0.15) is 5.26 Å². The lowest BCUT2D eigenvalue weighted by molar-refractivity contribution is 0.0812. The average molecular weight is 305 g/mol. The SMILES string of the molecule is N#Cc1ccc2c(c1)C(n1ccccc1=O)=NC1(CCCC1)O2. The zero-order valence-electron chi connectivity index (χ0n) is 12.5. The Morgan fingerprint density at radius 1 is 1.22 bits per heavy atom. The number of rotatable bonds is 0. The maximum absolute atomic E-state index is 12.3. The van der Waals surface area contributed by atoms with Gasteiger partial charge in [-0.25, -0.2) is 4.99 Å². The largest absolute Gasteiger partial charge is 0.465 e. The van der Waals surface area contributed by atoms with Crippen LogP contribution in [0, 0.1) is 11.3 Å². The summed E-state index contributed by atoms with van der Waals surface area (Å²) in [5.74, 6) is 1.25. The maximum Gasteiger partial charge on any atom is 0.256 e. The molecule has 0 N–H and O–H groups in total. The molecule has 1 spiro atoms. The quantitative estimate of drug-likeness (QED) is 0.751. The van der Waals surface area contributed by atoms with Gasteiger partial charge in [0.05, 0.1) is 17.2 Å². The van der Waals surface area contributed by atoms with Crippen LogP contribution in [0.15, 0.2) is 52.4 Å². The Balaban J connectivity index is 1.96. The van der Waals surface area contributed by atoms with Gasteiger partial charge < -0.3 is 4.74 Å². The van der Waals surface area contributed by atoms with E-state index in [1.54, 1.807) is 36.5 Å². The van der Waals surface area contributed by atoms with Crippen molar-refractivity contribution in [3.05, 3.63) is 64.1 Å². The number of ether oxygens (including phenoxy) is 1. The van der Waals surface area contributed by atoms with Crippen LogP contribution in [0.25, 0.3) is 0 Å². The highest BCUT2D eigenvalue weighted by atomic mass is 16.5. The Bertz CT molecular complexity index is 899. The van der Waals surface area contributed by atoms with Gasteiger partial charge in [-0.05, 0) is 37.1 Å².